The maximum atomic E-state index is 8.27. The molecule has 1 aromatic carbocycles. The van der Waals surface area contributed by atoms with Gasteiger partial charge in [-0.15, -0.1) is 0 Å². The van der Waals surface area contributed by atoms with Gasteiger partial charge in [-0.05, 0) is 5.56 Å². The largest absolute Gasteiger partial charge is 0.432 e. The molecule has 62 valence electrons. The summed E-state index contributed by atoms with van der Waals surface area (Å²) in [6, 6.07) is 11.8. The molecule has 1 aromatic rings. The van der Waals surface area contributed by atoms with Crippen LogP contribution in [0.1, 0.15) is 5.56 Å². The van der Waals surface area contributed by atoms with Gasteiger partial charge in [0.1, 0.15) is 0 Å². The van der Waals surface area contributed by atoms with Crippen LogP contribution in [0.4, 0.5) is 0 Å². The molecule has 3 nitrogen and oxygen atoms in total. The molecule has 0 aliphatic carbocycles. The van der Waals surface area contributed by atoms with E-state index >= 15 is 0 Å². The van der Waals surface area contributed by atoms with Crippen LogP contribution in [0.2, 0.25) is 0 Å². The average Bonchev–Trinajstić information content (AvgIpc) is 2.08. The lowest BCUT2D eigenvalue weighted by molar-refractivity contribution is 0.448. The highest BCUT2D eigenvalue weighted by Crippen LogP contribution is 1.96. The normalized spacial score (nSPS) is 7.42. The van der Waals surface area contributed by atoms with Crippen LogP contribution in [0.15, 0.2) is 30.3 Å². The summed E-state index contributed by atoms with van der Waals surface area (Å²) in [5.74, 6) is 0. The number of hydrogen-bond acceptors (Lipinski definition) is 3. The zero-order valence-corrected chi connectivity index (χ0v) is 6.64. The number of rotatable bonds is 1. The van der Waals surface area contributed by atoms with E-state index in [1.807, 2.05) is 30.3 Å². The van der Waals surface area contributed by atoms with Crippen molar-refractivity contribution in [1.29, 1.82) is 5.26 Å². The molecule has 0 aromatic heterocycles. The van der Waals surface area contributed by atoms with Crippen LogP contribution in [0, 0.1) is 11.3 Å². The Morgan fingerprint density at radius 1 is 1.25 bits per heavy atom. The Balaban J connectivity index is 0.000000354. The average molecular weight is 163 g/mol. The van der Waals surface area contributed by atoms with Crippen LogP contribution in [0.25, 0.3) is 0 Å². The van der Waals surface area contributed by atoms with Crippen molar-refractivity contribution in [2.24, 2.45) is 0 Å². The minimum absolute atomic E-state index is 0.515. The van der Waals surface area contributed by atoms with E-state index in [1.165, 1.54) is 0 Å². The summed E-state index contributed by atoms with van der Waals surface area (Å²) in [5.41, 5.74) is 1.08. The molecule has 0 saturated heterocycles. The third-order valence-corrected chi connectivity index (χ3v) is 1.13. The Kier molecular flexibility index (Phi) is 6.95. The molecule has 4 heteroatoms. The molecule has 1 rings (SSSR count). The first-order chi connectivity index (χ1) is 5.85. The molecule has 0 radical (unpaired) electrons. The lowest BCUT2D eigenvalue weighted by Gasteiger charge is -1.88. The topological polar surface area (TPSA) is 64.2 Å². The number of hydrogen-bond donors (Lipinski definition) is 2. The molecular weight excluding hydrogens is 153 g/mol. The summed E-state index contributed by atoms with van der Waals surface area (Å²) in [7, 11) is -0.750. The maximum Gasteiger partial charge on any atom is 0.432 e. The van der Waals surface area contributed by atoms with E-state index in [0.717, 1.165) is 5.56 Å². The van der Waals surface area contributed by atoms with Crippen molar-refractivity contribution < 1.29 is 10.0 Å². The zero-order valence-electron chi connectivity index (χ0n) is 6.64. The van der Waals surface area contributed by atoms with E-state index in [-0.39, 0.29) is 0 Å². The molecule has 0 aliphatic rings. The second kappa shape index (κ2) is 7.80. The van der Waals surface area contributed by atoms with Crippen LogP contribution in [-0.2, 0) is 6.42 Å². The Bertz CT molecular complexity index is 233. The Hall–Kier alpha value is -1.31. The number of nitrogens with zero attached hydrogens (tertiary/aromatic N) is 1. The predicted octanol–water partition coefficient (Wildman–Crippen LogP) is -0.00982. The Morgan fingerprint density at radius 3 is 2.17 bits per heavy atom. The fourth-order valence-corrected chi connectivity index (χ4v) is 0.687. The first kappa shape index (κ1) is 10.7. The van der Waals surface area contributed by atoms with Gasteiger partial charge in [0.25, 0.3) is 0 Å². The summed E-state index contributed by atoms with van der Waals surface area (Å²) in [6.07, 6.45) is 0.515. The van der Waals surface area contributed by atoms with Crippen molar-refractivity contribution in [2.45, 2.75) is 6.42 Å². The Labute approximate surface area is 72.2 Å². The van der Waals surface area contributed by atoms with Gasteiger partial charge in [0, 0.05) is 0 Å². The van der Waals surface area contributed by atoms with E-state index in [0.29, 0.717) is 6.42 Å². The van der Waals surface area contributed by atoms with Crippen LogP contribution >= 0.6 is 0 Å². The molecule has 0 spiro atoms. The van der Waals surface area contributed by atoms with Gasteiger partial charge in [0.2, 0.25) is 0 Å². The predicted molar refractivity (Wildman–Crippen MR) is 47.3 cm³/mol. The molecule has 0 atom stereocenters. The molecule has 0 unspecified atom stereocenters. The molecule has 0 saturated carbocycles. The molecule has 2 N–H and O–H groups in total. The van der Waals surface area contributed by atoms with Gasteiger partial charge >= 0.3 is 7.69 Å². The van der Waals surface area contributed by atoms with E-state index < -0.39 is 7.69 Å². The van der Waals surface area contributed by atoms with Gasteiger partial charge in [-0.3, -0.25) is 0 Å². The monoisotopic (exact) mass is 163 g/mol. The standard InChI is InChI=1S/C8H7N.BH3O2/c9-7-6-8-4-2-1-3-5-8;2-1-3/h1-5H,6H2;1-3H. The molecule has 0 heterocycles. The van der Waals surface area contributed by atoms with Crippen LogP contribution in [-0.4, -0.2) is 17.7 Å². The minimum Gasteiger partial charge on any atom is -0.430 e. The first-order valence-corrected chi connectivity index (χ1v) is 3.47. The second-order valence-corrected chi connectivity index (χ2v) is 1.96. The van der Waals surface area contributed by atoms with Gasteiger partial charge < -0.3 is 10.0 Å². The fraction of sp³-hybridized carbons (Fsp3) is 0.125. The van der Waals surface area contributed by atoms with Crippen molar-refractivity contribution in [2.75, 3.05) is 0 Å². The van der Waals surface area contributed by atoms with E-state index in [9.17, 15) is 0 Å². The number of nitriles is 1. The van der Waals surface area contributed by atoms with Gasteiger partial charge in [-0.2, -0.15) is 5.26 Å². The summed E-state index contributed by atoms with van der Waals surface area (Å²) < 4.78 is 0. The van der Waals surface area contributed by atoms with Crippen molar-refractivity contribution in [3.8, 4) is 6.07 Å². The van der Waals surface area contributed by atoms with Crippen molar-refractivity contribution in [3.05, 3.63) is 35.9 Å². The van der Waals surface area contributed by atoms with Crippen molar-refractivity contribution in [3.63, 3.8) is 0 Å². The maximum absolute atomic E-state index is 8.27. The summed E-state index contributed by atoms with van der Waals surface area (Å²) in [6.45, 7) is 0. The molecule has 0 bridgehead atoms. The van der Waals surface area contributed by atoms with Gasteiger partial charge in [-0.25, -0.2) is 0 Å². The zero-order chi connectivity index (χ0) is 9.23. The molecule has 0 fully saturated rings. The molecular formula is C8H10BNO2. The summed E-state index contributed by atoms with van der Waals surface area (Å²) in [5, 5.41) is 22.5. The number of benzene rings is 1. The lowest BCUT2D eigenvalue weighted by Crippen LogP contribution is -1.76. The van der Waals surface area contributed by atoms with Gasteiger partial charge in [0.05, 0.1) is 12.5 Å². The van der Waals surface area contributed by atoms with E-state index in [1.54, 1.807) is 0 Å². The van der Waals surface area contributed by atoms with Crippen LogP contribution in [0.3, 0.4) is 0 Å². The third kappa shape index (κ3) is 5.48. The minimum atomic E-state index is -0.750. The summed E-state index contributed by atoms with van der Waals surface area (Å²) >= 11 is 0. The van der Waals surface area contributed by atoms with Crippen molar-refractivity contribution >= 4 is 7.69 Å². The molecule has 0 amide bonds. The highest BCUT2D eigenvalue weighted by molar-refractivity contribution is 6.13. The van der Waals surface area contributed by atoms with Crippen LogP contribution < -0.4 is 0 Å². The van der Waals surface area contributed by atoms with E-state index in [2.05, 4.69) is 6.07 Å². The first-order valence-electron chi connectivity index (χ1n) is 3.47. The molecule has 12 heavy (non-hydrogen) atoms. The smallest absolute Gasteiger partial charge is 0.430 e. The van der Waals surface area contributed by atoms with E-state index in [4.69, 9.17) is 15.3 Å². The lowest BCUT2D eigenvalue weighted by atomic mass is 10.2. The molecule has 0 aliphatic heterocycles. The van der Waals surface area contributed by atoms with Crippen molar-refractivity contribution in [1.82, 2.24) is 0 Å². The third-order valence-electron chi connectivity index (χ3n) is 1.13. The SMILES string of the molecule is N#CCc1ccccc1.OBO. The Morgan fingerprint density at radius 2 is 1.75 bits per heavy atom. The second-order valence-electron chi connectivity index (χ2n) is 1.96. The summed E-state index contributed by atoms with van der Waals surface area (Å²) in [4.78, 5) is 0. The highest BCUT2D eigenvalue weighted by Gasteiger charge is 1.84. The highest BCUT2D eigenvalue weighted by atomic mass is 16.4. The quantitative estimate of drug-likeness (QED) is 0.572. The van der Waals surface area contributed by atoms with Crippen LogP contribution in [0.5, 0.6) is 0 Å². The van der Waals surface area contributed by atoms with Gasteiger partial charge in [-0.1, -0.05) is 30.3 Å². The fourth-order valence-electron chi connectivity index (χ4n) is 0.687. The van der Waals surface area contributed by atoms with Gasteiger partial charge in [0.15, 0.2) is 0 Å².